The molecule has 1 aromatic carbocycles. The zero-order valence-corrected chi connectivity index (χ0v) is 18.5. The minimum atomic E-state index is -2.81. The number of ether oxygens (including phenoxy) is 1. The molecule has 2 rings (SSSR count). The van der Waals surface area contributed by atoms with Crippen LogP contribution in [0.25, 0.3) is 0 Å². The monoisotopic (exact) mass is 496 g/mol. The second-order valence-electron chi connectivity index (χ2n) is 6.08. The van der Waals surface area contributed by atoms with E-state index >= 15 is 0 Å². The molecule has 0 spiro atoms. The minimum Gasteiger partial charge on any atom is -0.492 e. The summed E-state index contributed by atoms with van der Waals surface area (Å²) in [5, 5.41) is 6.44. The Labute approximate surface area is 173 Å². The van der Waals surface area contributed by atoms with E-state index in [-0.39, 0.29) is 35.5 Å². The molecule has 0 aromatic heterocycles. The molecular formula is C17H29IN4O3S. The van der Waals surface area contributed by atoms with Crippen molar-refractivity contribution in [3.63, 3.8) is 0 Å². The molecule has 2 N–H and O–H groups in total. The molecule has 9 heteroatoms. The molecule has 1 aliphatic heterocycles. The van der Waals surface area contributed by atoms with Crippen LogP contribution in [0.15, 0.2) is 29.3 Å². The van der Waals surface area contributed by atoms with Crippen molar-refractivity contribution in [1.82, 2.24) is 15.5 Å². The second-order valence-corrected chi connectivity index (χ2v) is 8.38. The van der Waals surface area contributed by atoms with Gasteiger partial charge in [-0.3, -0.25) is 9.89 Å². The average molecular weight is 496 g/mol. The van der Waals surface area contributed by atoms with Crippen LogP contribution in [0.5, 0.6) is 5.75 Å². The molecule has 1 aliphatic rings. The van der Waals surface area contributed by atoms with Crippen molar-refractivity contribution in [3.8, 4) is 5.75 Å². The van der Waals surface area contributed by atoms with E-state index in [1.165, 1.54) is 5.56 Å². The van der Waals surface area contributed by atoms with E-state index in [2.05, 4.69) is 20.5 Å². The second kappa shape index (κ2) is 11.6. The van der Waals surface area contributed by atoms with E-state index in [9.17, 15) is 8.42 Å². The van der Waals surface area contributed by atoms with E-state index in [0.29, 0.717) is 26.2 Å². The summed E-state index contributed by atoms with van der Waals surface area (Å²) in [5.41, 5.74) is 1.21. The number of nitrogens with one attached hydrogen (secondary N) is 2. The van der Waals surface area contributed by atoms with Gasteiger partial charge >= 0.3 is 0 Å². The summed E-state index contributed by atoms with van der Waals surface area (Å²) < 4.78 is 28.5. The Bertz CT molecular complexity index is 651. The average Bonchev–Trinajstić information content (AvgIpc) is 2.60. The van der Waals surface area contributed by atoms with Crippen molar-refractivity contribution in [2.24, 2.45) is 4.99 Å². The number of rotatable bonds is 7. The third-order valence-electron chi connectivity index (χ3n) is 4.07. The molecule has 1 heterocycles. The largest absolute Gasteiger partial charge is 0.492 e. The van der Waals surface area contributed by atoms with Gasteiger partial charge in [-0.25, -0.2) is 8.42 Å². The normalized spacial score (nSPS) is 17.2. The van der Waals surface area contributed by atoms with Crippen LogP contribution in [0.2, 0.25) is 0 Å². The van der Waals surface area contributed by atoms with Gasteiger partial charge in [0.25, 0.3) is 0 Å². The number of aliphatic imine (C=N–C) groups is 1. The van der Waals surface area contributed by atoms with E-state index in [1.54, 1.807) is 7.05 Å². The topological polar surface area (TPSA) is 83.0 Å². The SMILES string of the molecule is CN=C(NCCOc1ccc(C)cc1)NCCN1CCS(=O)(=O)CC1.I. The molecule has 1 fully saturated rings. The number of hydrogen-bond acceptors (Lipinski definition) is 5. The number of nitrogens with zero attached hydrogens (tertiary/aromatic N) is 2. The summed E-state index contributed by atoms with van der Waals surface area (Å²) in [5.74, 6) is 2.10. The highest BCUT2D eigenvalue weighted by atomic mass is 127. The lowest BCUT2D eigenvalue weighted by atomic mass is 10.2. The van der Waals surface area contributed by atoms with E-state index in [4.69, 9.17) is 4.74 Å². The Hall–Kier alpha value is -1.07. The fourth-order valence-electron chi connectivity index (χ4n) is 2.50. The van der Waals surface area contributed by atoms with Gasteiger partial charge in [-0.05, 0) is 19.1 Å². The highest BCUT2D eigenvalue weighted by Crippen LogP contribution is 2.10. The fourth-order valence-corrected chi connectivity index (χ4v) is 3.78. The first-order chi connectivity index (χ1) is 12.0. The molecule has 26 heavy (non-hydrogen) atoms. The number of aryl methyl sites for hydroxylation is 1. The molecule has 0 bridgehead atoms. The van der Waals surface area contributed by atoms with Gasteiger partial charge in [0.1, 0.15) is 12.4 Å². The molecule has 1 saturated heterocycles. The lowest BCUT2D eigenvalue weighted by Gasteiger charge is -2.26. The molecule has 0 unspecified atom stereocenters. The quantitative estimate of drug-likeness (QED) is 0.253. The summed E-state index contributed by atoms with van der Waals surface area (Å²) in [7, 11) is -1.09. The zero-order valence-electron chi connectivity index (χ0n) is 15.4. The maximum atomic E-state index is 11.4. The Morgan fingerprint density at radius 3 is 2.38 bits per heavy atom. The highest BCUT2D eigenvalue weighted by Gasteiger charge is 2.20. The van der Waals surface area contributed by atoms with Crippen LogP contribution in [0.3, 0.4) is 0 Å². The molecule has 7 nitrogen and oxygen atoms in total. The Morgan fingerprint density at radius 2 is 1.77 bits per heavy atom. The smallest absolute Gasteiger partial charge is 0.191 e. The van der Waals surface area contributed by atoms with Crippen LogP contribution in [-0.4, -0.2) is 77.2 Å². The van der Waals surface area contributed by atoms with Crippen molar-refractivity contribution in [1.29, 1.82) is 0 Å². The first-order valence-electron chi connectivity index (χ1n) is 8.55. The maximum Gasteiger partial charge on any atom is 0.191 e. The van der Waals surface area contributed by atoms with Gasteiger partial charge in [-0.1, -0.05) is 17.7 Å². The van der Waals surface area contributed by atoms with Crippen LogP contribution in [0.1, 0.15) is 5.56 Å². The molecule has 0 atom stereocenters. The van der Waals surface area contributed by atoms with Crippen molar-refractivity contribution in [3.05, 3.63) is 29.8 Å². The predicted molar refractivity (Wildman–Crippen MR) is 117 cm³/mol. The van der Waals surface area contributed by atoms with Crippen LogP contribution in [0.4, 0.5) is 0 Å². The van der Waals surface area contributed by atoms with Crippen LogP contribution in [0, 0.1) is 6.92 Å². The van der Waals surface area contributed by atoms with Gasteiger partial charge in [0.2, 0.25) is 0 Å². The van der Waals surface area contributed by atoms with Crippen LogP contribution in [-0.2, 0) is 9.84 Å². The molecule has 0 amide bonds. The predicted octanol–water partition coefficient (Wildman–Crippen LogP) is 0.887. The van der Waals surface area contributed by atoms with E-state index < -0.39 is 9.84 Å². The maximum absolute atomic E-state index is 11.4. The van der Waals surface area contributed by atoms with Gasteiger partial charge in [0.05, 0.1) is 18.1 Å². The number of benzene rings is 1. The van der Waals surface area contributed by atoms with E-state index in [0.717, 1.165) is 24.8 Å². The van der Waals surface area contributed by atoms with Crippen molar-refractivity contribution in [2.75, 3.05) is 57.9 Å². The number of sulfone groups is 1. The van der Waals surface area contributed by atoms with Gasteiger partial charge in [0.15, 0.2) is 15.8 Å². The molecule has 148 valence electrons. The number of guanidine groups is 1. The summed E-state index contributed by atoms with van der Waals surface area (Å²) in [4.78, 5) is 6.33. The van der Waals surface area contributed by atoms with Gasteiger partial charge < -0.3 is 15.4 Å². The van der Waals surface area contributed by atoms with Gasteiger partial charge in [-0.15, -0.1) is 24.0 Å². The lowest BCUT2D eigenvalue weighted by molar-refractivity contribution is 0.299. The fraction of sp³-hybridized carbons (Fsp3) is 0.588. The molecule has 1 aromatic rings. The summed E-state index contributed by atoms with van der Waals surface area (Å²) in [6, 6.07) is 7.96. The lowest BCUT2D eigenvalue weighted by Crippen LogP contribution is -2.46. The first-order valence-corrected chi connectivity index (χ1v) is 10.4. The molecule has 0 aliphatic carbocycles. The van der Waals surface area contributed by atoms with Gasteiger partial charge in [-0.2, -0.15) is 0 Å². The third kappa shape index (κ3) is 8.54. The summed E-state index contributed by atoms with van der Waals surface area (Å²) in [6.07, 6.45) is 0. The van der Waals surface area contributed by atoms with E-state index in [1.807, 2.05) is 31.2 Å². The number of halogens is 1. The Balaban J connectivity index is 0.00000338. The third-order valence-corrected chi connectivity index (χ3v) is 5.67. The molecule has 0 saturated carbocycles. The number of hydrogen-bond donors (Lipinski definition) is 2. The Kier molecular flexibility index (Phi) is 10.3. The van der Waals surface area contributed by atoms with Crippen LogP contribution < -0.4 is 15.4 Å². The van der Waals surface area contributed by atoms with Crippen molar-refractivity contribution < 1.29 is 13.2 Å². The Morgan fingerprint density at radius 1 is 1.15 bits per heavy atom. The van der Waals surface area contributed by atoms with Crippen LogP contribution >= 0.6 is 24.0 Å². The minimum absolute atomic E-state index is 0. The first kappa shape index (κ1) is 23.0. The highest BCUT2D eigenvalue weighted by molar-refractivity contribution is 14.0. The molecular weight excluding hydrogens is 467 g/mol. The summed E-state index contributed by atoms with van der Waals surface area (Å²) >= 11 is 0. The van der Waals surface area contributed by atoms with Gasteiger partial charge in [0, 0.05) is 33.2 Å². The molecule has 0 radical (unpaired) electrons. The van der Waals surface area contributed by atoms with Crippen molar-refractivity contribution >= 4 is 39.8 Å². The van der Waals surface area contributed by atoms with Crippen molar-refractivity contribution in [2.45, 2.75) is 6.92 Å². The standard InChI is InChI=1S/C17H28N4O3S.HI/c1-15-3-5-16(6-4-15)24-12-8-20-17(18-2)19-7-9-21-10-13-25(22,23)14-11-21;/h3-6H,7-14H2,1-2H3,(H2,18,19,20);1H. The summed E-state index contributed by atoms with van der Waals surface area (Å²) in [6.45, 7) is 5.99. The zero-order chi connectivity index (χ0) is 18.1.